The van der Waals surface area contributed by atoms with E-state index in [2.05, 4.69) is 15.7 Å². The van der Waals surface area contributed by atoms with Gasteiger partial charge in [-0.15, -0.1) is 0 Å². The lowest BCUT2D eigenvalue weighted by molar-refractivity contribution is -0.0328. The zero-order chi connectivity index (χ0) is 19.3. The molecule has 0 fully saturated rings. The van der Waals surface area contributed by atoms with Crippen molar-refractivity contribution in [2.45, 2.75) is 16.9 Å². The van der Waals surface area contributed by atoms with E-state index < -0.39 is 11.5 Å². The number of nitrogens with one attached hydrogen (secondary N) is 2. The summed E-state index contributed by atoms with van der Waals surface area (Å²) in [7, 11) is 0. The maximum atomic E-state index is 12.6. The topological polar surface area (TPSA) is 59.0 Å². The van der Waals surface area contributed by atoms with Crippen molar-refractivity contribution in [1.29, 1.82) is 0 Å². The number of para-hydroxylation sites is 1. The number of amides is 2. The third kappa shape index (κ3) is 5.27. The fourth-order valence-corrected chi connectivity index (χ4v) is 3.05. The molecule has 0 unspecified atom stereocenters. The minimum atomic E-state index is -4.39. The average molecular weight is 392 g/mol. The number of rotatable bonds is 5. The number of hydrogen-bond acceptors (Lipinski definition) is 3. The molecule has 0 saturated heterocycles. The van der Waals surface area contributed by atoms with Gasteiger partial charge in [0.25, 0.3) is 0 Å². The first-order valence-corrected chi connectivity index (χ1v) is 8.72. The maximum Gasteiger partial charge on any atom is 0.446 e. The predicted octanol–water partition coefficient (Wildman–Crippen LogP) is 4.81. The molecule has 5 nitrogen and oxygen atoms in total. The first-order valence-electron chi connectivity index (χ1n) is 7.90. The summed E-state index contributed by atoms with van der Waals surface area (Å²) in [5, 5.41) is 9.38. The van der Waals surface area contributed by atoms with Gasteiger partial charge in [0.2, 0.25) is 0 Å². The molecule has 3 rings (SSSR count). The van der Waals surface area contributed by atoms with E-state index in [1.54, 1.807) is 22.9 Å². The SMILES string of the molecule is O=C(NCc1ccccc1SC(F)(F)F)Nc1ccnn1-c1ccccc1. The van der Waals surface area contributed by atoms with Crippen molar-refractivity contribution in [3.05, 3.63) is 72.4 Å². The number of alkyl halides is 3. The Hall–Kier alpha value is -2.94. The van der Waals surface area contributed by atoms with Crippen molar-refractivity contribution in [3.63, 3.8) is 0 Å². The summed E-state index contributed by atoms with van der Waals surface area (Å²) in [6, 6.07) is 16.4. The van der Waals surface area contributed by atoms with Crippen LogP contribution in [0.4, 0.5) is 23.8 Å². The maximum absolute atomic E-state index is 12.6. The highest BCUT2D eigenvalue weighted by Crippen LogP contribution is 2.38. The van der Waals surface area contributed by atoms with Crippen LogP contribution in [0.25, 0.3) is 5.69 Å². The third-order valence-corrected chi connectivity index (χ3v) is 4.37. The number of halogens is 3. The largest absolute Gasteiger partial charge is 0.446 e. The highest BCUT2D eigenvalue weighted by Gasteiger charge is 2.30. The Bertz CT molecular complexity index is 912. The van der Waals surface area contributed by atoms with Crippen LogP contribution in [0, 0.1) is 0 Å². The van der Waals surface area contributed by atoms with Crippen LogP contribution in [0.2, 0.25) is 0 Å². The van der Waals surface area contributed by atoms with Crippen LogP contribution in [0.1, 0.15) is 5.56 Å². The quantitative estimate of drug-likeness (QED) is 0.613. The fourth-order valence-electron chi connectivity index (χ4n) is 2.38. The number of urea groups is 1. The van der Waals surface area contributed by atoms with E-state index in [-0.39, 0.29) is 23.2 Å². The van der Waals surface area contributed by atoms with E-state index in [4.69, 9.17) is 0 Å². The number of thioether (sulfide) groups is 1. The molecule has 27 heavy (non-hydrogen) atoms. The molecule has 2 N–H and O–H groups in total. The van der Waals surface area contributed by atoms with Gasteiger partial charge in [-0.1, -0.05) is 36.4 Å². The van der Waals surface area contributed by atoms with Crippen molar-refractivity contribution in [3.8, 4) is 5.69 Å². The molecule has 0 bridgehead atoms. The monoisotopic (exact) mass is 392 g/mol. The minimum absolute atomic E-state index is 0.0371. The number of anilines is 1. The lowest BCUT2D eigenvalue weighted by Crippen LogP contribution is -2.29. The fraction of sp³-hybridized carbons (Fsp3) is 0.111. The summed E-state index contributed by atoms with van der Waals surface area (Å²) in [4.78, 5) is 12.2. The Balaban J connectivity index is 1.65. The van der Waals surface area contributed by atoms with E-state index >= 15 is 0 Å². The van der Waals surface area contributed by atoms with Crippen molar-refractivity contribution in [2.24, 2.45) is 0 Å². The summed E-state index contributed by atoms with van der Waals surface area (Å²) in [5.74, 6) is 0.441. The van der Waals surface area contributed by atoms with Crippen molar-refractivity contribution in [1.82, 2.24) is 15.1 Å². The molecule has 0 saturated carbocycles. The first kappa shape index (κ1) is 18.8. The first-order chi connectivity index (χ1) is 12.9. The van der Waals surface area contributed by atoms with Crippen LogP contribution in [0.5, 0.6) is 0 Å². The molecule has 0 aliphatic carbocycles. The van der Waals surface area contributed by atoms with Gasteiger partial charge in [-0.3, -0.25) is 5.32 Å². The van der Waals surface area contributed by atoms with E-state index in [1.807, 2.05) is 30.3 Å². The normalized spacial score (nSPS) is 11.2. The predicted molar refractivity (Wildman–Crippen MR) is 97.8 cm³/mol. The number of carbonyl (C=O) groups is 1. The van der Waals surface area contributed by atoms with Crippen LogP contribution in [-0.4, -0.2) is 21.3 Å². The molecule has 9 heteroatoms. The number of benzene rings is 2. The molecule has 0 atom stereocenters. The van der Waals surface area contributed by atoms with Gasteiger partial charge in [0.05, 0.1) is 11.9 Å². The molecule has 0 aliphatic rings. The molecular formula is C18H15F3N4OS. The van der Waals surface area contributed by atoms with Crippen molar-refractivity contribution in [2.75, 3.05) is 5.32 Å². The number of aromatic nitrogens is 2. The molecule has 3 aromatic rings. The van der Waals surface area contributed by atoms with Crippen molar-refractivity contribution < 1.29 is 18.0 Å². The second-order valence-corrected chi connectivity index (χ2v) is 6.53. The van der Waals surface area contributed by atoms with Gasteiger partial charge in [0.1, 0.15) is 5.82 Å². The Morgan fingerprint density at radius 2 is 1.74 bits per heavy atom. The molecule has 2 aromatic carbocycles. The third-order valence-electron chi connectivity index (χ3n) is 3.52. The minimum Gasteiger partial charge on any atom is -0.334 e. The Kier molecular flexibility index (Phi) is 5.70. The lowest BCUT2D eigenvalue weighted by atomic mass is 10.2. The van der Waals surface area contributed by atoms with Crippen LogP contribution in [0.15, 0.2) is 71.8 Å². The number of hydrogen-bond donors (Lipinski definition) is 2. The smallest absolute Gasteiger partial charge is 0.334 e. The molecule has 0 spiro atoms. The van der Waals surface area contributed by atoms with Crippen molar-refractivity contribution >= 4 is 23.6 Å². The number of carbonyl (C=O) groups excluding carboxylic acids is 1. The van der Waals surface area contributed by atoms with E-state index in [1.165, 1.54) is 18.3 Å². The Labute approximate surface area is 157 Å². The van der Waals surface area contributed by atoms with E-state index in [9.17, 15) is 18.0 Å². The zero-order valence-corrected chi connectivity index (χ0v) is 14.7. The van der Waals surface area contributed by atoms with Gasteiger partial charge in [0.15, 0.2) is 0 Å². The molecule has 1 heterocycles. The second-order valence-electron chi connectivity index (χ2n) is 5.43. The van der Waals surface area contributed by atoms with E-state index in [0.717, 1.165) is 5.69 Å². The Morgan fingerprint density at radius 3 is 2.48 bits per heavy atom. The number of nitrogens with zero attached hydrogens (tertiary/aromatic N) is 2. The molecule has 0 radical (unpaired) electrons. The van der Waals surface area contributed by atoms with Gasteiger partial charge in [-0.2, -0.15) is 18.3 Å². The molecule has 1 aromatic heterocycles. The summed E-state index contributed by atoms with van der Waals surface area (Å²) in [6.07, 6.45) is 1.54. The van der Waals surface area contributed by atoms with Crippen LogP contribution < -0.4 is 10.6 Å². The lowest BCUT2D eigenvalue weighted by Gasteiger charge is -2.13. The molecule has 2 amide bonds. The van der Waals surface area contributed by atoms with Crippen LogP contribution in [-0.2, 0) is 6.54 Å². The van der Waals surface area contributed by atoms with Gasteiger partial charge in [-0.25, -0.2) is 9.48 Å². The van der Waals surface area contributed by atoms with Gasteiger partial charge >= 0.3 is 11.5 Å². The zero-order valence-electron chi connectivity index (χ0n) is 13.9. The standard InChI is InChI=1S/C18H15F3N4OS/c19-18(20,21)27-15-9-5-4-6-13(15)12-22-17(26)24-16-10-11-23-25(16)14-7-2-1-3-8-14/h1-11H,12H2,(H2,22,24,26). The summed E-state index contributed by atoms with van der Waals surface area (Å²) >= 11 is -0.202. The van der Waals surface area contributed by atoms with Gasteiger partial charge in [0, 0.05) is 17.5 Å². The second kappa shape index (κ2) is 8.17. The van der Waals surface area contributed by atoms with E-state index in [0.29, 0.717) is 11.4 Å². The summed E-state index contributed by atoms with van der Waals surface area (Å²) in [6.45, 7) is -0.0371. The average Bonchev–Trinajstić information content (AvgIpc) is 3.08. The molecular weight excluding hydrogens is 377 g/mol. The van der Waals surface area contributed by atoms with Crippen LogP contribution in [0.3, 0.4) is 0 Å². The van der Waals surface area contributed by atoms with Gasteiger partial charge in [-0.05, 0) is 35.5 Å². The highest BCUT2D eigenvalue weighted by molar-refractivity contribution is 8.00. The summed E-state index contributed by atoms with van der Waals surface area (Å²) in [5.41, 5.74) is -3.24. The highest BCUT2D eigenvalue weighted by atomic mass is 32.2. The molecule has 140 valence electrons. The summed E-state index contributed by atoms with van der Waals surface area (Å²) < 4.78 is 39.4. The van der Waals surface area contributed by atoms with Crippen LogP contribution >= 0.6 is 11.8 Å². The Morgan fingerprint density at radius 1 is 1.04 bits per heavy atom. The van der Waals surface area contributed by atoms with Gasteiger partial charge < -0.3 is 5.32 Å². The molecule has 0 aliphatic heterocycles.